The number of halogens is 1. The molecule has 0 saturated heterocycles. The standard InChI is InChI=1S/C13H17ClO4/c1-3-17-12(13(16)18-4-2)8-9-5-6-11(15)10(14)7-9/h5-7,12,15H,3-4,8H2,1-2H3/t12-/m0/s1. The molecule has 1 N–H and O–H groups in total. The van der Waals surface area contributed by atoms with Gasteiger partial charge in [-0.1, -0.05) is 17.7 Å². The monoisotopic (exact) mass is 272 g/mol. The fourth-order valence-corrected chi connectivity index (χ4v) is 1.74. The Morgan fingerprint density at radius 1 is 1.39 bits per heavy atom. The van der Waals surface area contributed by atoms with Crippen molar-refractivity contribution in [2.45, 2.75) is 26.4 Å². The van der Waals surface area contributed by atoms with E-state index in [0.29, 0.717) is 19.6 Å². The molecule has 0 aliphatic heterocycles. The van der Waals surface area contributed by atoms with Gasteiger partial charge < -0.3 is 14.6 Å². The van der Waals surface area contributed by atoms with Gasteiger partial charge in [-0.05, 0) is 31.5 Å². The van der Waals surface area contributed by atoms with E-state index < -0.39 is 6.10 Å². The molecule has 1 aromatic carbocycles. The average molecular weight is 273 g/mol. The van der Waals surface area contributed by atoms with Gasteiger partial charge in [0.05, 0.1) is 11.6 Å². The summed E-state index contributed by atoms with van der Waals surface area (Å²) in [6, 6.07) is 4.81. The molecule has 4 nitrogen and oxygen atoms in total. The Morgan fingerprint density at radius 3 is 2.67 bits per heavy atom. The quantitative estimate of drug-likeness (QED) is 0.809. The van der Waals surface area contributed by atoms with Gasteiger partial charge in [0.15, 0.2) is 6.10 Å². The van der Waals surface area contributed by atoms with Gasteiger partial charge in [-0.3, -0.25) is 0 Å². The summed E-state index contributed by atoms with van der Waals surface area (Å²) >= 11 is 5.81. The van der Waals surface area contributed by atoms with E-state index >= 15 is 0 Å². The predicted octanol–water partition coefficient (Wildman–Crippen LogP) is 2.56. The second kappa shape index (κ2) is 7.24. The van der Waals surface area contributed by atoms with Crippen molar-refractivity contribution < 1.29 is 19.4 Å². The summed E-state index contributed by atoms with van der Waals surface area (Å²) in [5, 5.41) is 9.58. The highest BCUT2D eigenvalue weighted by atomic mass is 35.5. The molecule has 0 saturated carbocycles. The van der Waals surface area contributed by atoms with Crippen molar-refractivity contribution in [3.8, 4) is 5.75 Å². The summed E-state index contributed by atoms with van der Waals surface area (Å²) in [5.41, 5.74) is 0.810. The first-order chi connectivity index (χ1) is 8.58. The third kappa shape index (κ3) is 4.20. The molecule has 0 unspecified atom stereocenters. The van der Waals surface area contributed by atoms with Crippen LogP contribution in [0, 0.1) is 0 Å². The molecule has 0 radical (unpaired) electrons. The van der Waals surface area contributed by atoms with Crippen LogP contribution >= 0.6 is 11.6 Å². The Hall–Kier alpha value is -1.26. The van der Waals surface area contributed by atoms with E-state index in [9.17, 15) is 9.90 Å². The summed E-state index contributed by atoms with van der Waals surface area (Å²) in [7, 11) is 0. The lowest BCUT2D eigenvalue weighted by Crippen LogP contribution is -2.28. The molecule has 5 heteroatoms. The fourth-order valence-electron chi connectivity index (χ4n) is 1.54. The molecule has 0 aromatic heterocycles. The van der Waals surface area contributed by atoms with Crippen LogP contribution in [0.4, 0.5) is 0 Å². The van der Waals surface area contributed by atoms with Crippen LogP contribution in [0.1, 0.15) is 19.4 Å². The van der Waals surface area contributed by atoms with Crippen molar-refractivity contribution in [2.75, 3.05) is 13.2 Å². The first kappa shape index (κ1) is 14.8. The summed E-state index contributed by atoms with van der Waals surface area (Å²) in [6.07, 6.45) is -0.275. The number of hydrogen-bond acceptors (Lipinski definition) is 4. The molecule has 0 aliphatic carbocycles. The Morgan fingerprint density at radius 2 is 2.11 bits per heavy atom. The lowest BCUT2D eigenvalue weighted by Gasteiger charge is -2.15. The number of ether oxygens (including phenoxy) is 2. The van der Waals surface area contributed by atoms with Crippen molar-refractivity contribution in [1.29, 1.82) is 0 Å². The summed E-state index contributed by atoms with van der Waals surface area (Å²) in [4.78, 5) is 11.7. The number of aromatic hydroxyl groups is 1. The fraction of sp³-hybridized carbons (Fsp3) is 0.462. The van der Waals surface area contributed by atoms with Crippen LogP contribution in [0.2, 0.25) is 5.02 Å². The largest absolute Gasteiger partial charge is 0.506 e. The van der Waals surface area contributed by atoms with E-state index in [1.54, 1.807) is 19.1 Å². The second-order valence-electron chi connectivity index (χ2n) is 3.69. The molecular weight excluding hydrogens is 256 g/mol. The van der Waals surface area contributed by atoms with Crippen LogP contribution in [0.5, 0.6) is 5.75 Å². The zero-order valence-electron chi connectivity index (χ0n) is 10.5. The maximum Gasteiger partial charge on any atom is 0.335 e. The van der Waals surface area contributed by atoms with E-state index in [1.165, 1.54) is 6.07 Å². The van der Waals surface area contributed by atoms with Gasteiger partial charge in [0.2, 0.25) is 0 Å². The molecule has 1 rings (SSSR count). The number of benzene rings is 1. The minimum Gasteiger partial charge on any atom is -0.506 e. The van der Waals surface area contributed by atoms with Crippen molar-refractivity contribution in [2.24, 2.45) is 0 Å². The van der Waals surface area contributed by atoms with Gasteiger partial charge in [-0.2, -0.15) is 0 Å². The van der Waals surface area contributed by atoms with Gasteiger partial charge in [0.1, 0.15) is 5.75 Å². The third-order valence-corrected chi connectivity index (χ3v) is 2.65. The minimum atomic E-state index is -0.643. The highest BCUT2D eigenvalue weighted by Crippen LogP contribution is 2.24. The summed E-state index contributed by atoms with van der Waals surface area (Å²) in [5.74, 6) is -0.368. The van der Waals surface area contributed by atoms with Crippen LogP contribution < -0.4 is 0 Å². The minimum absolute atomic E-state index is 0.0181. The number of phenolic OH excluding ortho intramolecular Hbond substituents is 1. The van der Waals surface area contributed by atoms with Gasteiger partial charge in [0.25, 0.3) is 0 Å². The molecule has 0 fully saturated rings. The molecule has 18 heavy (non-hydrogen) atoms. The first-order valence-corrected chi connectivity index (χ1v) is 6.21. The number of phenols is 1. The number of rotatable bonds is 6. The topological polar surface area (TPSA) is 55.8 Å². The average Bonchev–Trinajstić information content (AvgIpc) is 2.33. The Balaban J connectivity index is 2.76. The van der Waals surface area contributed by atoms with E-state index in [1.807, 2.05) is 6.92 Å². The number of carbonyl (C=O) groups is 1. The van der Waals surface area contributed by atoms with Crippen LogP contribution in [0.3, 0.4) is 0 Å². The van der Waals surface area contributed by atoms with Gasteiger partial charge >= 0.3 is 5.97 Å². The normalized spacial score (nSPS) is 12.2. The molecule has 0 aliphatic rings. The van der Waals surface area contributed by atoms with E-state index in [0.717, 1.165) is 5.56 Å². The number of esters is 1. The van der Waals surface area contributed by atoms with Crippen molar-refractivity contribution >= 4 is 17.6 Å². The zero-order chi connectivity index (χ0) is 13.5. The molecule has 0 amide bonds. The van der Waals surface area contributed by atoms with Crippen molar-refractivity contribution in [3.05, 3.63) is 28.8 Å². The second-order valence-corrected chi connectivity index (χ2v) is 4.09. The molecule has 1 aromatic rings. The van der Waals surface area contributed by atoms with E-state index in [4.69, 9.17) is 21.1 Å². The molecule has 1 atom stereocenters. The first-order valence-electron chi connectivity index (χ1n) is 5.84. The van der Waals surface area contributed by atoms with Crippen LogP contribution in [-0.4, -0.2) is 30.4 Å². The van der Waals surface area contributed by atoms with E-state index in [2.05, 4.69) is 0 Å². The van der Waals surface area contributed by atoms with Crippen molar-refractivity contribution in [3.63, 3.8) is 0 Å². The SMILES string of the molecule is CCOC(=O)[C@H](Cc1ccc(O)c(Cl)c1)OCC. The van der Waals surface area contributed by atoms with E-state index in [-0.39, 0.29) is 16.7 Å². The van der Waals surface area contributed by atoms with Crippen LogP contribution in [-0.2, 0) is 20.7 Å². The maximum atomic E-state index is 11.7. The Labute approximate surface area is 111 Å². The highest BCUT2D eigenvalue weighted by Gasteiger charge is 2.20. The third-order valence-electron chi connectivity index (χ3n) is 2.35. The molecular formula is C13H17ClO4. The molecule has 0 bridgehead atoms. The predicted molar refractivity (Wildman–Crippen MR) is 68.9 cm³/mol. The van der Waals surface area contributed by atoms with Crippen LogP contribution in [0.25, 0.3) is 0 Å². The zero-order valence-corrected chi connectivity index (χ0v) is 11.2. The molecule has 100 valence electrons. The Kier molecular flexibility index (Phi) is 5.95. The number of carbonyl (C=O) groups excluding carboxylic acids is 1. The summed E-state index contributed by atoms with van der Waals surface area (Å²) in [6.45, 7) is 4.31. The van der Waals surface area contributed by atoms with Crippen molar-refractivity contribution in [1.82, 2.24) is 0 Å². The lowest BCUT2D eigenvalue weighted by molar-refractivity contribution is -0.156. The maximum absolute atomic E-state index is 11.7. The number of hydrogen-bond donors (Lipinski definition) is 1. The summed E-state index contributed by atoms with van der Waals surface area (Å²) < 4.78 is 10.3. The van der Waals surface area contributed by atoms with Crippen LogP contribution in [0.15, 0.2) is 18.2 Å². The highest BCUT2D eigenvalue weighted by molar-refractivity contribution is 6.32. The van der Waals surface area contributed by atoms with Gasteiger partial charge in [-0.25, -0.2) is 4.79 Å². The van der Waals surface area contributed by atoms with Gasteiger partial charge in [-0.15, -0.1) is 0 Å². The molecule has 0 spiro atoms. The smallest absolute Gasteiger partial charge is 0.335 e. The lowest BCUT2D eigenvalue weighted by atomic mass is 10.1. The van der Waals surface area contributed by atoms with Gasteiger partial charge in [0, 0.05) is 13.0 Å². The molecule has 0 heterocycles. The Bertz CT molecular complexity index is 406.